The Labute approximate surface area is 108 Å². The topological polar surface area (TPSA) is 20.3 Å². The molecule has 3 rings (SSSR count). The minimum atomic E-state index is 0.129. The quantitative estimate of drug-likeness (QED) is 0.780. The zero-order valence-electron chi connectivity index (χ0n) is 8.62. The Balaban J connectivity index is 1.80. The van der Waals surface area contributed by atoms with E-state index in [-0.39, 0.29) is 5.91 Å². The van der Waals surface area contributed by atoms with Crippen LogP contribution in [-0.4, -0.2) is 23.9 Å². The summed E-state index contributed by atoms with van der Waals surface area (Å²) in [6.45, 7) is 1.87. The molecule has 0 N–H and O–H groups in total. The summed E-state index contributed by atoms with van der Waals surface area (Å²) >= 11 is 9.24. The van der Waals surface area contributed by atoms with Crippen molar-refractivity contribution >= 4 is 33.4 Å². The summed E-state index contributed by atoms with van der Waals surface area (Å²) < 4.78 is 0.782. The van der Waals surface area contributed by atoms with Crippen molar-refractivity contribution in [2.45, 2.75) is 6.42 Å². The molecule has 2 atom stereocenters. The monoisotopic (exact) mass is 299 g/mol. The fourth-order valence-corrected chi connectivity index (χ4v) is 2.87. The molecule has 1 amide bonds. The van der Waals surface area contributed by atoms with Crippen LogP contribution in [0.1, 0.15) is 16.8 Å². The first kappa shape index (κ1) is 10.6. The third kappa shape index (κ3) is 1.76. The van der Waals surface area contributed by atoms with E-state index in [0.717, 1.165) is 35.0 Å². The zero-order valence-corrected chi connectivity index (χ0v) is 11.0. The summed E-state index contributed by atoms with van der Waals surface area (Å²) in [5.41, 5.74) is 0.720. The van der Waals surface area contributed by atoms with Gasteiger partial charge in [0.05, 0.1) is 5.02 Å². The van der Waals surface area contributed by atoms with Gasteiger partial charge in [0, 0.05) is 23.1 Å². The minimum absolute atomic E-state index is 0.129. The molecule has 1 heterocycles. The van der Waals surface area contributed by atoms with E-state index in [1.807, 2.05) is 4.90 Å². The summed E-state index contributed by atoms with van der Waals surface area (Å²) in [5.74, 6) is 1.68. The average molecular weight is 301 g/mol. The van der Waals surface area contributed by atoms with Gasteiger partial charge < -0.3 is 4.90 Å². The molecule has 1 aliphatic carbocycles. The first-order chi connectivity index (χ1) is 7.65. The summed E-state index contributed by atoms with van der Waals surface area (Å²) in [6.07, 6.45) is 1.31. The number of carbonyl (C=O) groups excluding carboxylic acids is 1. The smallest absolute Gasteiger partial charge is 0.253 e. The van der Waals surface area contributed by atoms with Gasteiger partial charge in [-0.2, -0.15) is 0 Å². The van der Waals surface area contributed by atoms with Gasteiger partial charge in [0.2, 0.25) is 0 Å². The maximum Gasteiger partial charge on any atom is 0.253 e. The van der Waals surface area contributed by atoms with Gasteiger partial charge in [-0.15, -0.1) is 0 Å². The zero-order chi connectivity index (χ0) is 11.3. The van der Waals surface area contributed by atoms with Gasteiger partial charge in [-0.1, -0.05) is 11.6 Å². The second kappa shape index (κ2) is 3.74. The Kier molecular flexibility index (Phi) is 2.48. The Morgan fingerprint density at radius 2 is 2.06 bits per heavy atom. The van der Waals surface area contributed by atoms with Gasteiger partial charge in [-0.3, -0.25) is 4.79 Å². The largest absolute Gasteiger partial charge is 0.338 e. The first-order valence-electron chi connectivity index (χ1n) is 5.39. The summed E-state index contributed by atoms with van der Waals surface area (Å²) in [4.78, 5) is 14.1. The highest BCUT2D eigenvalue weighted by atomic mass is 79.9. The molecule has 2 unspecified atom stereocenters. The lowest BCUT2D eigenvalue weighted by Gasteiger charge is -2.18. The maximum absolute atomic E-state index is 12.1. The molecule has 0 bridgehead atoms. The van der Waals surface area contributed by atoms with Crippen LogP contribution in [0.4, 0.5) is 0 Å². The van der Waals surface area contributed by atoms with Crippen LogP contribution < -0.4 is 0 Å². The van der Waals surface area contributed by atoms with Crippen molar-refractivity contribution in [3.63, 3.8) is 0 Å². The number of carbonyl (C=O) groups is 1. The number of likely N-dealkylation sites (tertiary alicyclic amines) is 1. The fourth-order valence-electron chi connectivity index (χ4n) is 2.38. The van der Waals surface area contributed by atoms with Crippen molar-refractivity contribution < 1.29 is 4.79 Å². The molecular formula is C12H11BrClNO. The number of hydrogen-bond donors (Lipinski definition) is 0. The van der Waals surface area contributed by atoms with Gasteiger partial charge in [0.25, 0.3) is 5.91 Å². The van der Waals surface area contributed by atoms with Crippen LogP contribution in [0, 0.1) is 11.8 Å². The van der Waals surface area contributed by atoms with Crippen LogP contribution >= 0.6 is 27.5 Å². The highest BCUT2D eigenvalue weighted by Gasteiger charge is 2.46. The lowest BCUT2D eigenvalue weighted by atomic mass is 10.2. The van der Waals surface area contributed by atoms with Crippen LogP contribution in [0.2, 0.25) is 5.02 Å². The van der Waals surface area contributed by atoms with Crippen molar-refractivity contribution in [1.82, 2.24) is 4.90 Å². The molecule has 0 aromatic heterocycles. The molecule has 84 valence electrons. The van der Waals surface area contributed by atoms with Crippen LogP contribution in [0.15, 0.2) is 22.7 Å². The summed E-state index contributed by atoms with van der Waals surface area (Å²) in [7, 11) is 0. The third-order valence-corrected chi connectivity index (χ3v) is 4.65. The van der Waals surface area contributed by atoms with Crippen molar-refractivity contribution in [2.75, 3.05) is 13.1 Å². The second-order valence-corrected chi connectivity index (χ2v) is 5.86. The minimum Gasteiger partial charge on any atom is -0.338 e. The normalized spacial score (nSPS) is 26.8. The Hall–Kier alpha value is -0.540. The molecule has 2 fully saturated rings. The SMILES string of the molecule is O=C(c1ccc(Cl)c(Br)c1)N1CC2CC2C1. The Morgan fingerprint density at radius 3 is 2.69 bits per heavy atom. The molecule has 1 aromatic carbocycles. The number of nitrogens with zero attached hydrogens (tertiary/aromatic N) is 1. The molecule has 4 heteroatoms. The molecule has 16 heavy (non-hydrogen) atoms. The van der Waals surface area contributed by atoms with Gasteiger partial charge in [0.1, 0.15) is 0 Å². The number of piperidine rings is 1. The number of hydrogen-bond acceptors (Lipinski definition) is 1. The van der Waals surface area contributed by atoms with Gasteiger partial charge >= 0.3 is 0 Å². The Morgan fingerprint density at radius 1 is 1.38 bits per heavy atom. The van der Waals surface area contributed by atoms with Gasteiger partial charge in [-0.05, 0) is 52.4 Å². The van der Waals surface area contributed by atoms with E-state index >= 15 is 0 Å². The number of halogens is 2. The molecule has 0 spiro atoms. The molecular weight excluding hydrogens is 289 g/mol. The lowest BCUT2D eigenvalue weighted by Crippen LogP contribution is -2.30. The first-order valence-corrected chi connectivity index (χ1v) is 6.56. The third-order valence-electron chi connectivity index (χ3n) is 3.43. The molecule has 2 aliphatic rings. The van der Waals surface area contributed by atoms with Crippen molar-refractivity contribution in [1.29, 1.82) is 0 Å². The van der Waals surface area contributed by atoms with E-state index in [9.17, 15) is 4.79 Å². The summed E-state index contributed by atoms with van der Waals surface area (Å²) in [6, 6.07) is 5.35. The molecule has 1 saturated carbocycles. The number of fused-ring (bicyclic) bond motifs is 1. The molecule has 2 nitrogen and oxygen atoms in total. The van der Waals surface area contributed by atoms with Crippen LogP contribution in [-0.2, 0) is 0 Å². The maximum atomic E-state index is 12.1. The van der Waals surface area contributed by atoms with E-state index in [0.29, 0.717) is 5.02 Å². The standard InChI is InChI=1S/C12H11BrClNO/c13-10-4-7(1-2-11(10)14)12(16)15-5-8-3-9(8)6-15/h1-2,4,8-9H,3,5-6H2. The fraction of sp³-hybridized carbons (Fsp3) is 0.417. The van der Waals surface area contributed by atoms with Crippen molar-refractivity contribution in [2.24, 2.45) is 11.8 Å². The predicted octanol–water partition coefficient (Wildman–Crippen LogP) is 3.19. The van der Waals surface area contributed by atoms with Gasteiger partial charge in [0.15, 0.2) is 0 Å². The Bertz CT molecular complexity index is 452. The molecule has 1 aromatic rings. The van der Waals surface area contributed by atoms with E-state index in [1.165, 1.54) is 6.42 Å². The predicted molar refractivity (Wildman–Crippen MR) is 66.7 cm³/mol. The van der Waals surface area contributed by atoms with Crippen LogP contribution in [0.25, 0.3) is 0 Å². The van der Waals surface area contributed by atoms with Crippen LogP contribution in [0.5, 0.6) is 0 Å². The average Bonchev–Trinajstić information content (AvgIpc) is 2.89. The van der Waals surface area contributed by atoms with Crippen molar-refractivity contribution in [3.05, 3.63) is 33.3 Å². The van der Waals surface area contributed by atoms with Crippen LogP contribution in [0.3, 0.4) is 0 Å². The van der Waals surface area contributed by atoms with Gasteiger partial charge in [-0.25, -0.2) is 0 Å². The van der Waals surface area contributed by atoms with E-state index in [2.05, 4.69) is 15.9 Å². The number of rotatable bonds is 1. The molecule has 1 aliphatic heterocycles. The molecule has 0 radical (unpaired) electrons. The highest BCUT2D eigenvalue weighted by Crippen LogP contribution is 2.45. The molecule has 1 saturated heterocycles. The highest BCUT2D eigenvalue weighted by molar-refractivity contribution is 9.10. The summed E-state index contributed by atoms with van der Waals surface area (Å²) in [5, 5.41) is 0.640. The second-order valence-electron chi connectivity index (χ2n) is 4.59. The number of amides is 1. The van der Waals surface area contributed by atoms with E-state index in [4.69, 9.17) is 11.6 Å². The lowest BCUT2D eigenvalue weighted by molar-refractivity contribution is 0.0775. The van der Waals surface area contributed by atoms with E-state index in [1.54, 1.807) is 18.2 Å². The van der Waals surface area contributed by atoms with E-state index < -0.39 is 0 Å². The number of benzene rings is 1. The van der Waals surface area contributed by atoms with Crippen molar-refractivity contribution in [3.8, 4) is 0 Å².